The molecule has 0 radical (unpaired) electrons. The van der Waals surface area contributed by atoms with Crippen molar-refractivity contribution in [3.05, 3.63) is 24.0 Å². The summed E-state index contributed by atoms with van der Waals surface area (Å²) >= 11 is 0. The normalized spacial score (nSPS) is 12.8. The summed E-state index contributed by atoms with van der Waals surface area (Å²) in [7, 11) is 1.92. The number of Topliss-reactive ketones (excluding diaryl/α,β-unsaturated/α-hetero) is 1. The number of aryl methyl sites for hydroxylation is 1. The summed E-state index contributed by atoms with van der Waals surface area (Å²) < 4.78 is 1.89. The second-order valence-electron chi connectivity index (χ2n) is 3.91. The van der Waals surface area contributed by atoms with E-state index in [1.807, 2.05) is 36.9 Å². The van der Waals surface area contributed by atoms with Crippen LogP contribution in [0.3, 0.4) is 0 Å². The highest BCUT2D eigenvalue weighted by atomic mass is 16.1. The van der Waals surface area contributed by atoms with Crippen molar-refractivity contribution in [3.8, 4) is 0 Å². The number of ketones is 1. The van der Waals surface area contributed by atoms with E-state index >= 15 is 0 Å². The lowest BCUT2D eigenvalue weighted by atomic mass is 9.97. The number of aromatic nitrogens is 1. The van der Waals surface area contributed by atoms with Crippen molar-refractivity contribution in [1.29, 1.82) is 0 Å². The Morgan fingerprint density at radius 3 is 2.79 bits per heavy atom. The second-order valence-corrected chi connectivity index (χ2v) is 3.91. The van der Waals surface area contributed by atoms with Gasteiger partial charge in [0.05, 0.1) is 5.69 Å². The number of unbranched alkanes of at least 4 members (excludes halogenated alkanes) is 1. The average molecular weight is 193 g/mol. The van der Waals surface area contributed by atoms with Crippen LogP contribution in [0, 0.1) is 5.92 Å². The highest BCUT2D eigenvalue weighted by Crippen LogP contribution is 2.14. The van der Waals surface area contributed by atoms with E-state index in [1.165, 1.54) is 0 Å². The number of carbonyl (C=O) groups excluding carboxylic acids is 1. The predicted molar refractivity (Wildman–Crippen MR) is 58.4 cm³/mol. The van der Waals surface area contributed by atoms with E-state index in [0.717, 1.165) is 25.0 Å². The van der Waals surface area contributed by atoms with E-state index in [4.69, 9.17) is 0 Å². The molecular weight excluding hydrogens is 174 g/mol. The van der Waals surface area contributed by atoms with Crippen LogP contribution < -0.4 is 0 Å². The van der Waals surface area contributed by atoms with Gasteiger partial charge in [-0.15, -0.1) is 0 Å². The van der Waals surface area contributed by atoms with Gasteiger partial charge in [0.25, 0.3) is 0 Å². The third-order valence-corrected chi connectivity index (χ3v) is 2.63. The summed E-state index contributed by atoms with van der Waals surface area (Å²) in [6, 6.07) is 3.81. The first kappa shape index (κ1) is 11.0. The van der Waals surface area contributed by atoms with E-state index in [2.05, 4.69) is 6.92 Å². The third kappa shape index (κ3) is 2.47. The highest BCUT2D eigenvalue weighted by Gasteiger charge is 2.16. The molecule has 1 heterocycles. The van der Waals surface area contributed by atoms with Crippen LogP contribution in [0.2, 0.25) is 0 Å². The summed E-state index contributed by atoms with van der Waals surface area (Å²) in [5, 5.41) is 0. The molecule has 1 aromatic rings. The van der Waals surface area contributed by atoms with E-state index < -0.39 is 0 Å². The fourth-order valence-corrected chi connectivity index (χ4v) is 1.61. The highest BCUT2D eigenvalue weighted by molar-refractivity contribution is 5.96. The molecule has 0 N–H and O–H groups in total. The van der Waals surface area contributed by atoms with Crippen molar-refractivity contribution in [2.45, 2.75) is 33.1 Å². The molecule has 2 nitrogen and oxygen atoms in total. The van der Waals surface area contributed by atoms with Crippen LogP contribution in [0.25, 0.3) is 0 Å². The van der Waals surface area contributed by atoms with Gasteiger partial charge in [-0.05, 0) is 18.6 Å². The molecule has 0 aromatic carbocycles. The van der Waals surface area contributed by atoms with Crippen LogP contribution in [0.5, 0.6) is 0 Å². The Bertz CT molecular complexity index is 301. The zero-order valence-corrected chi connectivity index (χ0v) is 9.29. The Morgan fingerprint density at radius 2 is 2.29 bits per heavy atom. The van der Waals surface area contributed by atoms with Gasteiger partial charge >= 0.3 is 0 Å². The van der Waals surface area contributed by atoms with Gasteiger partial charge in [0, 0.05) is 19.2 Å². The number of nitrogens with zero attached hydrogens (tertiary/aromatic N) is 1. The van der Waals surface area contributed by atoms with Gasteiger partial charge in [-0.3, -0.25) is 4.79 Å². The number of carbonyl (C=O) groups is 1. The lowest BCUT2D eigenvalue weighted by molar-refractivity contribution is 0.0914. The zero-order chi connectivity index (χ0) is 10.6. The molecule has 0 aliphatic rings. The first-order valence-corrected chi connectivity index (χ1v) is 5.32. The Kier molecular flexibility index (Phi) is 3.93. The fourth-order valence-electron chi connectivity index (χ4n) is 1.61. The van der Waals surface area contributed by atoms with Gasteiger partial charge in [-0.1, -0.05) is 26.7 Å². The van der Waals surface area contributed by atoms with Crippen LogP contribution in [-0.4, -0.2) is 10.4 Å². The number of rotatable bonds is 5. The molecule has 0 saturated heterocycles. The monoisotopic (exact) mass is 193 g/mol. The quantitative estimate of drug-likeness (QED) is 0.659. The Morgan fingerprint density at radius 1 is 1.57 bits per heavy atom. The van der Waals surface area contributed by atoms with E-state index in [0.29, 0.717) is 0 Å². The van der Waals surface area contributed by atoms with Crippen LogP contribution in [-0.2, 0) is 7.05 Å². The maximum atomic E-state index is 11.9. The van der Waals surface area contributed by atoms with Crippen molar-refractivity contribution >= 4 is 5.78 Å². The minimum atomic E-state index is 0.156. The molecule has 1 rings (SSSR count). The largest absolute Gasteiger partial charge is 0.348 e. The van der Waals surface area contributed by atoms with Crippen molar-refractivity contribution in [2.75, 3.05) is 0 Å². The summed E-state index contributed by atoms with van der Waals surface area (Å²) in [4.78, 5) is 11.9. The van der Waals surface area contributed by atoms with Crippen molar-refractivity contribution in [1.82, 2.24) is 4.57 Å². The van der Waals surface area contributed by atoms with Gasteiger partial charge in [0.2, 0.25) is 0 Å². The topological polar surface area (TPSA) is 22.0 Å². The number of hydrogen-bond donors (Lipinski definition) is 0. The van der Waals surface area contributed by atoms with Crippen LogP contribution >= 0.6 is 0 Å². The van der Waals surface area contributed by atoms with Gasteiger partial charge in [0.1, 0.15) is 0 Å². The summed E-state index contributed by atoms with van der Waals surface area (Å²) in [5.41, 5.74) is 0.827. The standard InChI is InChI=1S/C12H19NO/c1-4-5-7-10(2)12(14)11-8-6-9-13(11)3/h6,8-10H,4-5,7H2,1-3H3. The maximum absolute atomic E-state index is 11.9. The number of hydrogen-bond acceptors (Lipinski definition) is 1. The Hall–Kier alpha value is -1.05. The second kappa shape index (κ2) is 4.99. The fraction of sp³-hybridized carbons (Fsp3) is 0.583. The van der Waals surface area contributed by atoms with Crippen LogP contribution in [0.4, 0.5) is 0 Å². The van der Waals surface area contributed by atoms with Crippen LogP contribution in [0.1, 0.15) is 43.6 Å². The van der Waals surface area contributed by atoms with Crippen molar-refractivity contribution < 1.29 is 4.79 Å². The molecule has 0 bridgehead atoms. The molecule has 1 aromatic heterocycles. The molecule has 0 aliphatic heterocycles. The molecule has 2 heteroatoms. The minimum Gasteiger partial charge on any atom is -0.348 e. The molecule has 78 valence electrons. The molecular formula is C12H19NO. The zero-order valence-electron chi connectivity index (χ0n) is 9.29. The lowest BCUT2D eigenvalue weighted by Crippen LogP contribution is -2.14. The Balaban J connectivity index is 2.61. The van der Waals surface area contributed by atoms with Crippen molar-refractivity contribution in [2.24, 2.45) is 13.0 Å². The smallest absolute Gasteiger partial charge is 0.181 e. The molecule has 0 spiro atoms. The third-order valence-electron chi connectivity index (χ3n) is 2.63. The van der Waals surface area contributed by atoms with Gasteiger partial charge in [-0.2, -0.15) is 0 Å². The summed E-state index contributed by atoms with van der Waals surface area (Å²) in [6.45, 7) is 4.17. The first-order chi connectivity index (χ1) is 6.66. The van der Waals surface area contributed by atoms with Gasteiger partial charge in [-0.25, -0.2) is 0 Å². The molecule has 0 fully saturated rings. The molecule has 1 atom stereocenters. The van der Waals surface area contributed by atoms with Gasteiger partial charge < -0.3 is 4.57 Å². The molecule has 0 amide bonds. The summed E-state index contributed by atoms with van der Waals surface area (Å²) in [5.74, 6) is 0.425. The Labute approximate surface area is 85.9 Å². The SMILES string of the molecule is CCCCC(C)C(=O)c1cccn1C. The molecule has 0 saturated carbocycles. The van der Waals surface area contributed by atoms with E-state index in [9.17, 15) is 4.79 Å². The predicted octanol–water partition coefficient (Wildman–Crippen LogP) is 3.03. The molecule has 14 heavy (non-hydrogen) atoms. The lowest BCUT2D eigenvalue weighted by Gasteiger charge is -2.10. The van der Waals surface area contributed by atoms with Gasteiger partial charge in [0.15, 0.2) is 5.78 Å². The van der Waals surface area contributed by atoms with E-state index in [-0.39, 0.29) is 11.7 Å². The van der Waals surface area contributed by atoms with Crippen LogP contribution in [0.15, 0.2) is 18.3 Å². The minimum absolute atomic E-state index is 0.156. The molecule has 1 unspecified atom stereocenters. The summed E-state index contributed by atoms with van der Waals surface area (Å²) in [6.07, 6.45) is 5.21. The van der Waals surface area contributed by atoms with E-state index in [1.54, 1.807) is 0 Å². The average Bonchev–Trinajstić information content (AvgIpc) is 2.59. The first-order valence-electron chi connectivity index (χ1n) is 5.32. The van der Waals surface area contributed by atoms with Crippen molar-refractivity contribution in [3.63, 3.8) is 0 Å². The molecule has 0 aliphatic carbocycles. The maximum Gasteiger partial charge on any atom is 0.181 e.